The molecule has 2 fully saturated rings. The quantitative estimate of drug-likeness (QED) is 0.427. The lowest BCUT2D eigenvalue weighted by Crippen LogP contribution is -2.50. The molecule has 5 atom stereocenters. The van der Waals surface area contributed by atoms with E-state index in [0.29, 0.717) is 5.41 Å². The third-order valence-corrected chi connectivity index (χ3v) is 9.81. The predicted octanol–water partition coefficient (Wildman–Crippen LogP) is 7.64. The molecule has 4 heteroatoms. The van der Waals surface area contributed by atoms with Crippen LogP contribution in [0.4, 0.5) is 0 Å². The third kappa shape index (κ3) is 3.84. The van der Waals surface area contributed by atoms with Gasteiger partial charge in [-0.2, -0.15) is 0 Å². The number of hydrogen-bond acceptors (Lipinski definition) is 2. The van der Waals surface area contributed by atoms with Crippen LogP contribution in [0, 0.1) is 28.6 Å². The Morgan fingerprint density at radius 3 is 2.21 bits per heavy atom. The molecule has 2 nitrogen and oxygen atoms in total. The largest absolute Gasteiger partial charge is 0.547 e. The Bertz CT molecular complexity index is 767. The van der Waals surface area contributed by atoms with Crippen LogP contribution in [0.25, 0.3) is 0 Å². The molecular formula is C25H42O2Si2. The van der Waals surface area contributed by atoms with E-state index in [9.17, 15) is 0 Å². The summed E-state index contributed by atoms with van der Waals surface area (Å²) in [6.45, 7) is 18.9. The van der Waals surface area contributed by atoms with Gasteiger partial charge in [-0.3, -0.25) is 0 Å². The lowest BCUT2D eigenvalue weighted by Gasteiger charge is -2.57. The van der Waals surface area contributed by atoms with E-state index >= 15 is 0 Å². The first-order valence-electron chi connectivity index (χ1n) is 11.8. The molecule has 4 rings (SSSR count). The van der Waals surface area contributed by atoms with Crippen LogP contribution in [0.1, 0.15) is 52.4 Å². The maximum atomic E-state index is 6.61. The number of rotatable bonds is 4. The van der Waals surface area contributed by atoms with Gasteiger partial charge in [-0.15, -0.1) is 0 Å². The molecule has 0 bridgehead atoms. The summed E-state index contributed by atoms with van der Waals surface area (Å²) in [5, 5.41) is 0. The van der Waals surface area contributed by atoms with Crippen LogP contribution in [0.15, 0.2) is 35.3 Å². The van der Waals surface area contributed by atoms with Gasteiger partial charge in [0.2, 0.25) is 16.6 Å². The minimum absolute atomic E-state index is 0.273. The van der Waals surface area contributed by atoms with Crippen molar-refractivity contribution in [2.75, 3.05) is 0 Å². The highest BCUT2D eigenvalue weighted by atomic mass is 28.4. The average Bonchev–Trinajstić information content (AvgIpc) is 2.89. The first-order chi connectivity index (χ1) is 13.3. The Hall–Kier alpha value is -0.746. The van der Waals surface area contributed by atoms with Crippen LogP contribution in [0.3, 0.4) is 0 Å². The Morgan fingerprint density at radius 2 is 1.55 bits per heavy atom. The van der Waals surface area contributed by atoms with Crippen molar-refractivity contribution in [3.8, 4) is 0 Å². The molecule has 0 N–H and O–H groups in total. The van der Waals surface area contributed by atoms with Crippen LogP contribution in [-0.4, -0.2) is 16.6 Å². The van der Waals surface area contributed by atoms with Crippen LogP contribution in [0.2, 0.25) is 39.3 Å². The van der Waals surface area contributed by atoms with Crippen molar-refractivity contribution in [3.63, 3.8) is 0 Å². The molecular weight excluding hydrogens is 388 g/mol. The van der Waals surface area contributed by atoms with Crippen molar-refractivity contribution in [3.05, 3.63) is 35.3 Å². The third-order valence-electron chi connectivity index (χ3n) is 8.13. The highest BCUT2D eigenvalue weighted by Crippen LogP contribution is 2.65. The number of allylic oxidation sites excluding steroid dienone is 5. The molecule has 0 radical (unpaired) electrons. The molecule has 0 amide bonds. The molecule has 29 heavy (non-hydrogen) atoms. The zero-order chi connectivity index (χ0) is 21.2. The maximum absolute atomic E-state index is 6.61. The van der Waals surface area contributed by atoms with Crippen molar-refractivity contribution in [1.29, 1.82) is 0 Å². The fourth-order valence-electron chi connectivity index (χ4n) is 6.83. The van der Waals surface area contributed by atoms with Crippen molar-refractivity contribution < 1.29 is 8.85 Å². The van der Waals surface area contributed by atoms with Gasteiger partial charge < -0.3 is 8.85 Å². The minimum Gasteiger partial charge on any atom is -0.547 e. The lowest BCUT2D eigenvalue weighted by atomic mass is 9.48. The minimum atomic E-state index is -1.56. The Kier molecular flexibility index (Phi) is 5.10. The van der Waals surface area contributed by atoms with Crippen molar-refractivity contribution >= 4 is 16.6 Å². The highest BCUT2D eigenvalue weighted by Gasteiger charge is 2.57. The normalized spacial score (nSPS) is 39.4. The first-order valence-corrected chi connectivity index (χ1v) is 18.6. The molecule has 162 valence electrons. The van der Waals surface area contributed by atoms with Crippen LogP contribution >= 0.6 is 0 Å². The smallest absolute Gasteiger partial charge is 0.242 e. The van der Waals surface area contributed by atoms with Gasteiger partial charge in [0.1, 0.15) is 0 Å². The number of hydrogen-bond donors (Lipinski definition) is 0. The Labute approximate surface area is 181 Å². The molecule has 4 aliphatic rings. The predicted molar refractivity (Wildman–Crippen MR) is 127 cm³/mol. The summed E-state index contributed by atoms with van der Waals surface area (Å²) in [4.78, 5) is 0. The maximum Gasteiger partial charge on any atom is 0.242 e. The molecule has 0 aromatic rings. The van der Waals surface area contributed by atoms with Gasteiger partial charge in [0.15, 0.2) is 0 Å². The second-order valence-corrected chi connectivity index (χ2v) is 21.4. The molecule has 0 aliphatic heterocycles. The van der Waals surface area contributed by atoms with Gasteiger partial charge in [-0.05, 0) is 119 Å². The summed E-state index contributed by atoms with van der Waals surface area (Å²) < 4.78 is 13.0. The van der Waals surface area contributed by atoms with E-state index in [-0.39, 0.29) is 5.41 Å². The Morgan fingerprint density at radius 1 is 0.862 bits per heavy atom. The zero-order valence-corrected chi connectivity index (χ0v) is 22.0. The molecule has 0 aromatic carbocycles. The summed E-state index contributed by atoms with van der Waals surface area (Å²) in [6, 6.07) is 0. The lowest BCUT2D eigenvalue weighted by molar-refractivity contribution is -0.0331. The summed E-state index contributed by atoms with van der Waals surface area (Å²) in [6.07, 6.45) is 14.9. The van der Waals surface area contributed by atoms with Gasteiger partial charge in [0, 0.05) is 5.41 Å². The average molecular weight is 431 g/mol. The molecule has 2 saturated carbocycles. The van der Waals surface area contributed by atoms with Crippen molar-refractivity contribution in [2.45, 2.75) is 91.7 Å². The van der Waals surface area contributed by atoms with Crippen molar-refractivity contribution in [2.24, 2.45) is 28.6 Å². The van der Waals surface area contributed by atoms with E-state index in [1.807, 2.05) is 0 Å². The van der Waals surface area contributed by atoms with E-state index in [1.54, 1.807) is 5.57 Å². The second kappa shape index (κ2) is 6.88. The van der Waals surface area contributed by atoms with E-state index in [2.05, 4.69) is 71.4 Å². The summed E-state index contributed by atoms with van der Waals surface area (Å²) >= 11 is 0. The number of fused-ring (bicyclic) bond motifs is 5. The van der Waals surface area contributed by atoms with Gasteiger partial charge in [0.05, 0.1) is 11.5 Å². The fourth-order valence-corrected chi connectivity index (χ4v) is 8.66. The summed E-state index contributed by atoms with van der Waals surface area (Å²) in [5.41, 5.74) is 2.27. The molecule has 0 saturated heterocycles. The monoisotopic (exact) mass is 430 g/mol. The van der Waals surface area contributed by atoms with E-state index in [1.165, 1.54) is 37.9 Å². The van der Waals surface area contributed by atoms with Gasteiger partial charge in [-0.25, -0.2) is 0 Å². The molecule has 4 aliphatic carbocycles. The van der Waals surface area contributed by atoms with Crippen LogP contribution in [-0.2, 0) is 8.85 Å². The van der Waals surface area contributed by atoms with E-state index in [4.69, 9.17) is 8.85 Å². The van der Waals surface area contributed by atoms with Crippen LogP contribution < -0.4 is 0 Å². The topological polar surface area (TPSA) is 18.5 Å². The van der Waals surface area contributed by atoms with E-state index < -0.39 is 16.6 Å². The fraction of sp³-hybridized carbons (Fsp3) is 0.760. The Balaban J connectivity index is 1.55. The standard InChI is InChI=1S/C25H42O2Si2/c1-24-15-13-19(26-28(3,4)5)17-18(24)9-10-20-21-11-12-23(27-29(6,7)8)25(21,2)16-14-22(20)24/h12-13,17,20-22H,9-11,14-16H2,1-8H3/t20?,21?,22?,24-,25-/m0/s1. The van der Waals surface area contributed by atoms with Gasteiger partial charge in [0.25, 0.3) is 0 Å². The molecule has 0 spiro atoms. The SMILES string of the molecule is C[C@]12CC=C(O[Si](C)(C)C)C=C1CCC1C2CC[C@]2(C)C(O[Si](C)(C)C)=CCC12. The first kappa shape index (κ1) is 21.5. The van der Waals surface area contributed by atoms with E-state index in [0.717, 1.165) is 29.9 Å². The van der Waals surface area contributed by atoms with Gasteiger partial charge >= 0.3 is 0 Å². The zero-order valence-electron chi connectivity index (χ0n) is 20.0. The van der Waals surface area contributed by atoms with Crippen LogP contribution in [0.5, 0.6) is 0 Å². The molecule has 0 aromatic heterocycles. The summed E-state index contributed by atoms with van der Waals surface area (Å²) in [5.74, 6) is 4.92. The van der Waals surface area contributed by atoms with Crippen molar-refractivity contribution in [1.82, 2.24) is 0 Å². The molecule has 3 unspecified atom stereocenters. The summed E-state index contributed by atoms with van der Waals surface area (Å²) in [7, 11) is -3.10. The highest BCUT2D eigenvalue weighted by molar-refractivity contribution is 6.70. The molecule has 0 heterocycles. The second-order valence-electron chi connectivity index (χ2n) is 12.5. The van der Waals surface area contributed by atoms with Gasteiger partial charge in [-0.1, -0.05) is 19.4 Å².